The Bertz CT molecular complexity index is 954. The zero-order chi connectivity index (χ0) is 18.5. The lowest BCUT2D eigenvalue weighted by molar-refractivity contribution is 0.0950. The Balaban J connectivity index is 1.68. The number of H-pyrrole nitrogens is 1. The maximum Gasteiger partial charge on any atom is 0.289 e. The summed E-state index contributed by atoms with van der Waals surface area (Å²) in [6, 6.07) is 13.3. The van der Waals surface area contributed by atoms with Crippen LogP contribution in [0.1, 0.15) is 16.1 Å². The molecule has 8 heteroatoms. The van der Waals surface area contributed by atoms with Crippen molar-refractivity contribution in [2.45, 2.75) is 0 Å². The summed E-state index contributed by atoms with van der Waals surface area (Å²) in [4.78, 5) is 12.1. The minimum atomic E-state index is -0.482. The van der Waals surface area contributed by atoms with Crippen LogP contribution in [0.5, 0.6) is 5.75 Å². The van der Waals surface area contributed by atoms with Gasteiger partial charge in [0.25, 0.3) is 5.91 Å². The van der Waals surface area contributed by atoms with E-state index in [-0.39, 0.29) is 11.3 Å². The topological polar surface area (TPSA) is 79.4 Å². The molecule has 0 unspecified atom stereocenters. The van der Waals surface area contributed by atoms with Crippen molar-refractivity contribution in [2.75, 3.05) is 7.11 Å². The maximum absolute atomic E-state index is 13.6. The third-order valence-corrected chi connectivity index (χ3v) is 4.03. The lowest BCUT2D eigenvalue weighted by Crippen LogP contribution is -2.18. The van der Waals surface area contributed by atoms with Gasteiger partial charge in [0, 0.05) is 15.6 Å². The Hall–Kier alpha value is -3.00. The summed E-state index contributed by atoms with van der Waals surface area (Å²) in [5.74, 6) is -0.185. The number of aromatic nitrogens is 2. The molecule has 3 aromatic rings. The van der Waals surface area contributed by atoms with Gasteiger partial charge in [-0.05, 0) is 48.5 Å². The molecule has 26 heavy (non-hydrogen) atoms. The second kappa shape index (κ2) is 7.92. The fraction of sp³-hybridized carbons (Fsp3) is 0.0556. The van der Waals surface area contributed by atoms with Crippen LogP contribution in [-0.2, 0) is 0 Å². The molecule has 0 radical (unpaired) electrons. The van der Waals surface area contributed by atoms with Crippen LogP contribution in [-0.4, -0.2) is 29.4 Å². The molecule has 0 aliphatic rings. The molecule has 0 bridgehead atoms. The molecular weight excluding hydrogens is 403 g/mol. The molecule has 0 aliphatic carbocycles. The summed E-state index contributed by atoms with van der Waals surface area (Å²) < 4.78 is 19.4. The highest BCUT2D eigenvalue weighted by Crippen LogP contribution is 2.21. The summed E-state index contributed by atoms with van der Waals surface area (Å²) in [6.07, 6.45) is 1.23. The molecule has 0 spiro atoms. The van der Waals surface area contributed by atoms with Crippen molar-refractivity contribution in [3.8, 4) is 17.0 Å². The molecule has 1 amide bonds. The molecule has 6 nitrogen and oxygen atoms in total. The molecule has 0 saturated carbocycles. The average molecular weight is 417 g/mol. The highest BCUT2D eigenvalue weighted by molar-refractivity contribution is 9.10. The molecule has 0 atom stereocenters. The van der Waals surface area contributed by atoms with Gasteiger partial charge in [-0.15, -0.1) is 0 Å². The zero-order valence-electron chi connectivity index (χ0n) is 13.7. The molecule has 0 saturated heterocycles. The monoisotopic (exact) mass is 416 g/mol. The van der Waals surface area contributed by atoms with Gasteiger partial charge in [-0.3, -0.25) is 9.89 Å². The van der Waals surface area contributed by atoms with Gasteiger partial charge in [-0.2, -0.15) is 10.2 Å². The number of carbonyl (C=O) groups excluding carboxylic acids is 1. The van der Waals surface area contributed by atoms with E-state index in [1.54, 1.807) is 37.4 Å². The number of hydrazone groups is 1. The second-order valence-corrected chi connectivity index (χ2v) is 6.18. The highest BCUT2D eigenvalue weighted by Gasteiger charge is 2.10. The number of methoxy groups -OCH3 is 1. The zero-order valence-corrected chi connectivity index (χ0v) is 15.2. The van der Waals surface area contributed by atoms with Gasteiger partial charge in [0.15, 0.2) is 0 Å². The second-order valence-electron chi connectivity index (χ2n) is 5.26. The lowest BCUT2D eigenvalue weighted by atomic mass is 10.1. The number of hydrogen-bond acceptors (Lipinski definition) is 4. The van der Waals surface area contributed by atoms with Crippen molar-refractivity contribution in [1.29, 1.82) is 0 Å². The number of ether oxygens (including phenoxy) is 1. The van der Waals surface area contributed by atoms with E-state index in [4.69, 9.17) is 4.74 Å². The number of carbonyl (C=O) groups is 1. The van der Waals surface area contributed by atoms with Crippen LogP contribution in [0.15, 0.2) is 58.1 Å². The number of aromatic amines is 1. The molecule has 3 rings (SSSR count). The maximum atomic E-state index is 13.6. The Morgan fingerprint density at radius 1 is 1.27 bits per heavy atom. The molecule has 2 N–H and O–H groups in total. The molecule has 132 valence electrons. The van der Waals surface area contributed by atoms with Crippen LogP contribution in [0.25, 0.3) is 11.3 Å². The summed E-state index contributed by atoms with van der Waals surface area (Å²) in [5.41, 5.74) is 4.27. The number of rotatable bonds is 5. The predicted octanol–water partition coefficient (Wildman–Crippen LogP) is 3.75. The highest BCUT2D eigenvalue weighted by atomic mass is 79.9. The summed E-state index contributed by atoms with van der Waals surface area (Å²) in [7, 11) is 1.59. The Morgan fingerprint density at radius 3 is 2.77 bits per heavy atom. The summed E-state index contributed by atoms with van der Waals surface area (Å²) >= 11 is 3.25. The van der Waals surface area contributed by atoms with Gasteiger partial charge in [0.2, 0.25) is 0 Å². The summed E-state index contributed by atoms with van der Waals surface area (Å²) in [6.45, 7) is 0. The third-order valence-electron chi connectivity index (χ3n) is 3.54. The molecule has 1 heterocycles. The van der Waals surface area contributed by atoms with Gasteiger partial charge in [-0.25, -0.2) is 9.82 Å². The molecule has 1 aromatic heterocycles. The SMILES string of the molecule is COc1ccc(-c2cc(C(=O)NN=Cc3cc(Br)ccc3F)[nH]n2)cc1. The molecule has 0 fully saturated rings. The minimum Gasteiger partial charge on any atom is -0.497 e. The molecule has 0 aliphatic heterocycles. The van der Waals surface area contributed by atoms with Crippen LogP contribution in [0.3, 0.4) is 0 Å². The fourth-order valence-electron chi connectivity index (χ4n) is 2.18. The summed E-state index contributed by atoms with van der Waals surface area (Å²) in [5, 5.41) is 10.5. The van der Waals surface area contributed by atoms with Crippen LogP contribution in [0.2, 0.25) is 0 Å². The van der Waals surface area contributed by atoms with Gasteiger partial charge in [0.05, 0.1) is 19.0 Å². The number of hydrogen-bond donors (Lipinski definition) is 2. The van der Waals surface area contributed by atoms with E-state index < -0.39 is 11.7 Å². The predicted molar refractivity (Wildman–Crippen MR) is 99.7 cm³/mol. The van der Waals surface area contributed by atoms with E-state index in [1.807, 2.05) is 12.1 Å². The van der Waals surface area contributed by atoms with Crippen molar-refractivity contribution in [3.63, 3.8) is 0 Å². The quantitative estimate of drug-likeness (QED) is 0.490. The first-order chi connectivity index (χ1) is 12.6. The Kier molecular flexibility index (Phi) is 5.43. The van der Waals surface area contributed by atoms with Gasteiger partial charge in [0.1, 0.15) is 17.3 Å². The minimum absolute atomic E-state index is 0.239. The first-order valence-electron chi connectivity index (χ1n) is 7.55. The first kappa shape index (κ1) is 17.8. The Morgan fingerprint density at radius 2 is 2.04 bits per heavy atom. The van der Waals surface area contributed by atoms with Crippen LogP contribution >= 0.6 is 15.9 Å². The van der Waals surface area contributed by atoms with Crippen molar-refractivity contribution < 1.29 is 13.9 Å². The lowest BCUT2D eigenvalue weighted by Gasteiger charge is -2.00. The molecular formula is C18H14BrFN4O2. The number of halogens is 2. The number of benzene rings is 2. The number of amides is 1. The van der Waals surface area contributed by atoms with E-state index in [0.29, 0.717) is 10.2 Å². The van der Waals surface area contributed by atoms with Crippen LogP contribution in [0.4, 0.5) is 4.39 Å². The van der Waals surface area contributed by atoms with E-state index in [9.17, 15) is 9.18 Å². The normalized spacial score (nSPS) is 10.9. The number of nitrogens with one attached hydrogen (secondary N) is 2. The fourth-order valence-corrected chi connectivity index (χ4v) is 2.56. The van der Waals surface area contributed by atoms with E-state index in [1.165, 1.54) is 12.3 Å². The average Bonchev–Trinajstić information content (AvgIpc) is 3.15. The van der Waals surface area contributed by atoms with Crippen LogP contribution < -0.4 is 10.2 Å². The van der Waals surface area contributed by atoms with Crippen molar-refractivity contribution in [2.24, 2.45) is 5.10 Å². The van der Waals surface area contributed by atoms with Gasteiger partial charge in [-0.1, -0.05) is 15.9 Å². The van der Waals surface area contributed by atoms with E-state index in [0.717, 1.165) is 11.3 Å². The van der Waals surface area contributed by atoms with Crippen LogP contribution in [0, 0.1) is 5.82 Å². The molecule has 2 aromatic carbocycles. The van der Waals surface area contributed by atoms with E-state index in [2.05, 4.69) is 36.7 Å². The van der Waals surface area contributed by atoms with Crippen molar-refractivity contribution in [1.82, 2.24) is 15.6 Å². The standard InChI is InChI=1S/C18H14BrFN4O2/c1-26-14-5-2-11(3-6-14)16-9-17(23-22-16)18(25)24-21-10-12-8-13(19)4-7-15(12)20/h2-10H,1H3,(H,22,23)(H,24,25). The van der Waals surface area contributed by atoms with Crippen molar-refractivity contribution >= 4 is 28.1 Å². The third kappa shape index (κ3) is 4.15. The Labute approximate surface area is 157 Å². The van der Waals surface area contributed by atoms with Gasteiger partial charge >= 0.3 is 0 Å². The number of nitrogens with zero attached hydrogens (tertiary/aromatic N) is 2. The van der Waals surface area contributed by atoms with Gasteiger partial charge < -0.3 is 4.74 Å². The van der Waals surface area contributed by atoms with E-state index >= 15 is 0 Å². The largest absolute Gasteiger partial charge is 0.497 e. The van der Waals surface area contributed by atoms with Crippen molar-refractivity contribution in [3.05, 3.63) is 70.1 Å². The first-order valence-corrected chi connectivity index (χ1v) is 8.34. The smallest absolute Gasteiger partial charge is 0.289 e.